The van der Waals surface area contributed by atoms with Crippen molar-refractivity contribution in [2.75, 3.05) is 38.0 Å². The number of amides is 1. The first kappa shape index (κ1) is 17.4. The minimum Gasteiger partial charge on any atom is -0.321 e. The molecule has 7 heteroatoms. The first-order chi connectivity index (χ1) is 11.6. The number of carbonyl (C=O) groups is 1. The van der Waals surface area contributed by atoms with Crippen molar-refractivity contribution in [1.29, 1.82) is 0 Å². The Labute approximate surface area is 149 Å². The SMILES string of the molecule is O=C(C[NH+]1CC[NH+](Cc2ccc(Cl)s2)CC1)Nc1ccccc1F. The Kier molecular flexibility index (Phi) is 5.84. The summed E-state index contributed by atoms with van der Waals surface area (Å²) >= 11 is 7.60. The Morgan fingerprint density at radius 1 is 1.12 bits per heavy atom. The third kappa shape index (κ3) is 4.77. The molecular formula is C17H21ClFN3OS+2. The minimum absolute atomic E-state index is 0.136. The predicted octanol–water partition coefficient (Wildman–Crippen LogP) is 0.463. The van der Waals surface area contributed by atoms with Crippen LogP contribution in [0.4, 0.5) is 10.1 Å². The molecule has 0 unspecified atom stereocenters. The van der Waals surface area contributed by atoms with E-state index in [1.54, 1.807) is 29.5 Å². The first-order valence-corrected chi connectivity index (χ1v) is 9.25. The number of halogens is 2. The molecule has 2 aromatic rings. The molecule has 0 bridgehead atoms. The van der Waals surface area contributed by atoms with Crippen LogP contribution in [0.1, 0.15) is 4.88 Å². The zero-order chi connectivity index (χ0) is 16.9. The summed E-state index contributed by atoms with van der Waals surface area (Å²) < 4.78 is 14.4. The van der Waals surface area contributed by atoms with Crippen molar-refractivity contribution in [2.45, 2.75) is 6.54 Å². The van der Waals surface area contributed by atoms with Crippen molar-refractivity contribution in [3.05, 3.63) is 51.4 Å². The Bertz CT molecular complexity index is 701. The van der Waals surface area contributed by atoms with Gasteiger partial charge in [0.25, 0.3) is 5.91 Å². The van der Waals surface area contributed by atoms with Gasteiger partial charge in [0, 0.05) is 0 Å². The maximum atomic E-state index is 13.6. The molecule has 128 valence electrons. The normalized spacial score (nSPS) is 20.8. The number of benzene rings is 1. The molecule has 1 amide bonds. The second-order valence-electron chi connectivity index (χ2n) is 6.09. The van der Waals surface area contributed by atoms with Gasteiger partial charge in [0.1, 0.15) is 38.5 Å². The highest BCUT2D eigenvalue weighted by atomic mass is 35.5. The fraction of sp³-hybridized carbons (Fsp3) is 0.353. The summed E-state index contributed by atoms with van der Waals surface area (Å²) in [4.78, 5) is 16.2. The molecule has 1 fully saturated rings. The number of hydrogen-bond donors (Lipinski definition) is 3. The molecule has 0 spiro atoms. The molecule has 0 atom stereocenters. The number of hydrogen-bond acceptors (Lipinski definition) is 2. The standard InChI is InChI=1S/C17H19ClFN3OS/c18-16-6-5-13(24-16)11-21-7-9-22(10-8-21)12-17(23)20-15-4-2-1-3-14(15)19/h1-6H,7-12H2,(H,20,23)/p+2. The molecule has 2 heterocycles. The van der Waals surface area contributed by atoms with Crippen LogP contribution < -0.4 is 15.1 Å². The average molecular weight is 370 g/mol. The van der Waals surface area contributed by atoms with Gasteiger partial charge in [0.05, 0.1) is 14.9 Å². The lowest BCUT2D eigenvalue weighted by Crippen LogP contribution is -3.28. The van der Waals surface area contributed by atoms with E-state index >= 15 is 0 Å². The van der Waals surface area contributed by atoms with Crippen LogP contribution in [-0.4, -0.2) is 38.6 Å². The van der Waals surface area contributed by atoms with Gasteiger partial charge in [-0.3, -0.25) is 4.79 Å². The number of rotatable bonds is 5. The summed E-state index contributed by atoms with van der Waals surface area (Å²) in [5.74, 6) is -0.534. The van der Waals surface area contributed by atoms with E-state index < -0.39 is 5.82 Å². The quantitative estimate of drug-likeness (QED) is 0.704. The molecule has 1 aliphatic rings. The maximum absolute atomic E-state index is 13.6. The first-order valence-electron chi connectivity index (χ1n) is 8.06. The molecule has 0 saturated carbocycles. The fourth-order valence-corrected chi connectivity index (χ4v) is 4.15. The van der Waals surface area contributed by atoms with Crippen molar-refractivity contribution in [2.24, 2.45) is 0 Å². The second-order valence-corrected chi connectivity index (χ2v) is 7.89. The van der Waals surface area contributed by atoms with E-state index in [2.05, 4.69) is 11.4 Å². The summed E-state index contributed by atoms with van der Waals surface area (Å²) in [6.07, 6.45) is 0. The Morgan fingerprint density at radius 3 is 2.50 bits per heavy atom. The van der Waals surface area contributed by atoms with Crippen molar-refractivity contribution in [3.63, 3.8) is 0 Å². The molecule has 4 nitrogen and oxygen atoms in total. The molecule has 1 aromatic carbocycles. The Hall–Kier alpha value is -1.47. The second kappa shape index (κ2) is 8.07. The van der Waals surface area contributed by atoms with Gasteiger partial charge < -0.3 is 15.1 Å². The van der Waals surface area contributed by atoms with Gasteiger partial charge in [-0.1, -0.05) is 23.7 Å². The van der Waals surface area contributed by atoms with Crippen molar-refractivity contribution >= 4 is 34.5 Å². The van der Waals surface area contributed by atoms with E-state index in [4.69, 9.17) is 11.6 Å². The van der Waals surface area contributed by atoms with Crippen LogP contribution in [0.25, 0.3) is 0 Å². The molecule has 1 aromatic heterocycles. The van der Waals surface area contributed by atoms with Crippen LogP contribution in [0.15, 0.2) is 36.4 Å². The lowest BCUT2D eigenvalue weighted by molar-refractivity contribution is -1.01. The van der Waals surface area contributed by atoms with Crippen molar-refractivity contribution < 1.29 is 19.0 Å². The number of nitrogens with one attached hydrogen (secondary N) is 3. The third-order valence-electron chi connectivity index (χ3n) is 4.28. The summed E-state index contributed by atoms with van der Waals surface area (Å²) in [7, 11) is 0. The van der Waals surface area contributed by atoms with Crippen LogP contribution in [0.2, 0.25) is 4.34 Å². The lowest BCUT2D eigenvalue weighted by Gasteiger charge is -2.29. The Balaban J connectivity index is 1.43. The van der Waals surface area contributed by atoms with Crippen LogP contribution in [-0.2, 0) is 11.3 Å². The predicted molar refractivity (Wildman–Crippen MR) is 94.3 cm³/mol. The summed E-state index contributed by atoms with van der Waals surface area (Å²) in [6, 6.07) is 10.3. The molecule has 24 heavy (non-hydrogen) atoms. The zero-order valence-corrected chi connectivity index (χ0v) is 14.9. The molecule has 3 N–H and O–H groups in total. The van der Waals surface area contributed by atoms with E-state index in [0.29, 0.717) is 6.54 Å². The average Bonchev–Trinajstić information content (AvgIpc) is 2.96. The smallest absolute Gasteiger partial charge is 0.279 e. The maximum Gasteiger partial charge on any atom is 0.279 e. The van der Waals surface area contributed by atoms with Gasteiger partial charge >= 0.3 is 0 Å². The van der Waals surface area contributed by atoms with E-state index in [0.717, 1.165) is 37.1 Å². The van der Waals surface area contributed by atoms with Crippen molar-refractivity contribution in [3.8, 4) is 0 Å². The molecule has 1 aliphatic heterocycles. The topological polar surface area (TPSA) is 38.0 Å². The van der Waals surface area contributed by atoms with Crippen LogP contribution in [0.5, 0.6) is 0 Å². The Morgan fingerprint density at radius 2 is 1.83 bits per heavy atom. The number of quaternary nitrogens is 2. The summed E-state index contributed by atoms with van der Waals surface area (Å²) in [6.45, 7) is 5.31. The highest BCUT2D eigenvalue weighted by molar-refractivity contribution is 7.16. The fourth-order valence-electron chi connectivity index (χ4n) is 2.99. The van der Waals surface area contributed by atoms with Crippen LogP contribution in [0, 0.1) is 5.82 Å². The highest BCUT2D eigenvalue weighted by Gasteiger charge is 2.25. The molecule has 0 aliphatic carbocycles. The van der Waals surface area contributed by atoms with Gasteiger partial charge in [0.2, 0.25) is 0 Å². The summed E-state index contributed by atoms with van der Waals surface area (Å²) in [5, 5.41) is 2.66. The number of para-hydroxylation sites is 1. The summed E-state index contributed by atoms with van der Waals surface area (Å²) in [5.41, 5.74) is 0.251. The van der Waals surface area contributed by atoms with Crippen molar-refractivity contribution in [1.82, 2.24) is 0 Å². The third-order valence-corrected chi connectivity index (χ3v) is 5.51. The monoisotopic (exact) mass is 369 g/mol. The molecular weight excluding hydrogens is 349 g/mol. The number of anilines is 1. The molecule has 3 rings (SSSR count). The van der Waals surface area contributed by atoms with E-state index in [1.807, 2.05) is 6.07 Å². The van der Waals surface area contributed by atoms with E-state index in [9.17, 15) is 9.18 Å². The van der Waals surface area contributed by atoms with E-state index in [-0.39, 0.29) is 11.6 Å². The minimum atomic E-state index is -0.398. The molecule has 1 saturated heterocycles. The largest absolute Gasteiger partial charge is 0.321 e. The van der Waals surface area contributed by atoms with Crippen LogP contribution >= 0.6 is 22.9 Å². The zero-order valence-electron chi connectivity index (χ0n) is 13.3. The highest BCUT2D eigenvalue weighted by Crippen LogP contribution is 2.20. The van der Waals surface area contributed by atoms with Gasteiger partial charge in [-0.25, -0.2) is 4.39 Å². The van der Waals surface area contributed by atoms with E-state index in [1.165, 1.54) is 20.7 Å². The van der Waals surface area contributed by atoms with Gasteiger partial charge in [-0.05, 0) is 24.3 Å². The number of carbonyl (C=O) groups excluding carboxylic acids is 1. The number of thiophene rings is 1. The van der Waals surface area contributed by atoms with Gasteiger partial charge in [-0.2, -0.15) is 0 Å². The lowest BCUT2D eigenvalue weighted by atomic mass is 10.3. The van der Waals surface area contributed by atoms with Gasteiger partial charge in [0.15, 0.2) is 6.54 Å². The number of piperazine rings is 1. The molecule has 0 radical (unpaired) electrons. The van der Waals surface area contributed by atoms with Crippen LogP contribution in [0.3, 0.4) is 0 Å². The van der Waals surface area contributed by atoms with Gasteiger partial charge in [-0.15, -0.1) is 11.3 Å².